The van der Waals surface area contributed by atoms with E-state index in [1.54, 1.807) is 12.0 Å². The van der Waals surface area contributed by atoms with Crippen molar-refractivity contribution in [1.29, 1.82) is 0 Å². The van der Waals surface area contributed by atoms with Crippen LogP contribution in [0, 0.1) is 0 Å². The lowest BCUT2D eigenvalue weighted by molar-refractivity contribution is -0.116. The highest BCUT2D eigenvalue weighted by Gasteiger charge is 2.51. The molecule has 3 aliphatic rings. The van der Waals surface area contributed by atoms with Crippen LogP contribution in [0.25, 0.3) is 0 Å². The Morgan fingerprint density at radius 2 is 1.71 bits per heavy atom. The number of carbonyl (C=O) groups excluding carboxylic acids is 1. The zero-order valence-corrected chi connectivity index (χ0v) is 21.3. The van der Waals surface area contributed by atoms with Gasteiger partial charge < -0.3 is 29.9 Å². The number of hydrogen-bond acceptors (Lipinski definition) is 6. The molecule has 0 unspecified atom stereocenters. The Bertz CT molecular complexity index is 1020. The topological polar surface area (TPSA) is 94.5 Å². The summed E-state index contributed by atoms with van der Waals surface area (Å²) in [7, 11) is 1.67. The Labute approximate surface area is 213 Å². The van der Waals surface area contributed by atoms with Crippen molar-refractivity contribution in [3.63, 3.8) is 0 Å². The van der Waals surface area contributed by atoms with E-state index >= 15 is 0 Å². The molecule has 0 spiro atoms. The van der Waals surface area contributed by atoms with E-state index < -0.39 is 12.2 Å². The minimum absolute atomic E-state index is 0.00135. The van der Waals surface area contributed by atoms with E-state index in [0.29, 0.717) is 31.5 Å². The standard InChI is InChI=1S/C26H32BrN3O5/c1-34-15-22-25(16-2-4-17(27)5-3-16)21-12-29(13-23(31)24(32)14-30(21)22)26(33)28-18-6-8-19(9-7-18)35-20-10-11-20/h2-9,20-25,31-32H,10-15H2,1H3,(H,28,33)/t21-,22+,23+,24-,25+/m0/s1. The van der Waals surface area contributed by atoms with Crippen LogP contribution in [-0.4, -0.2) is 89.8 Å². The van der Waals surface area contributed by atoms with Gasteiger partial charge in [0.1, 0.15) is 5.75 Å². The number of anilines is 1. The van der Waals surface area contributed by atoms with Crippen LogP contribution in [0.15, 0.2) is 53.0 Å². The molecule has 35 heavy (non-hydrogen) atoms. The Morgan fingerprint density at radius 1 is 1.03 bits per heavy atom. The minimum atomic E-state index is -1.04. The lowest BCUT2D eigenvalue weighted by Crippen LogP contribution is -2.71. The number of ether oxygens (including phenoxy) is 2. The van der Waals surface area contributed by atoms with Gasteiger partial charge in [-0.05, 0) is 54.8 Å². The van der Waals surface area contributed by atoms with Gasteiger partial charge in [0, 0.05) is 48.4 Å². The first kappa shape index (κ1) is 24.5. The Kier molecular flexibility index (Phi) is 7.31. The number of carbonyl (C=O) groups is 1. The summed E-state index contributed by atoms with van der Waals surface area (Å²) in [6.45, 7) is 1.33. The smallest absolute Gasteiger partial charge is 0.321 e. The molecule has 5 rings (SSSR count). The molecule has 2 amide bonds. The summed E-state index contributed by atoms with van der Waals surface area (Å²) in [5.41, 5.74) is 1.82. The zero-order chi connectivity index (χ0) is 24.5. The van der Waals surface area contributed by atoms with E-state index in [4.69, 9.17) is 9.47 Å². The van der Waals surface area contributed by atoms with Crippen LogP contribution < -0.4 is 10.1 Å². The molecule has 9 heteroatoms. The minimum Gasteiger partial charge on any atom is -0.490 e. The lowest BCUT2D eigenvalue weighted by Gasteiger charge is -2.58. The van der Waals surface area contributed by atoms with E-state index in [0.717, 1.165) is 23.1 Å². The van der Waals surface area contributed by atoms with Crippen molar-refractivity contribution in [2.24, 2.45) is 0 Å². The first-order valence-corrected chi connectivity index (χ1v) is 12.9. The maximum Gasteiger partial charge on any atom is 0.321 e. The van der Waals surface area contributed by atoms with Crippen molar-refractivity contribution in [2.45, 2.75) is 49.2 Å². The largest absolute Gasteiger partial charge is 0.490 e. The second-order valence-corrected chi connectivity index (χ2v) is 10.6. The molecule has 2 heterocycles. The molecule has 5 atom stereocenters. The number of halogens is 1. The van der Waals surface area contributed by atoms with Gasteiger partial charge in [0.25, 0.3) is 0 Å². The highest BCUT2D eigenvalue weighted by molar-refractivity contribution is 9.10. The van der Waals surface area contributed by atoms with Gasteiger partial charge in [-0.25, -0.2) is 4.79 Å². The molecule has 2 aromatic rings. The highest BCUT2D eigenvalue weighted by Crippen LogP contribution is 2.42. The molecule has 2 saturated heterocycles. The highest BCUT2D eigenvalue weighted by atomic mass is 79.9. The number of β-amino-alcohol motifs (C(OH)–C–C–N with tert-alkyl or cyclic N) is 1. The Balaban J connectivity index is 1.33. The van der Waals surface area contributed by atoms with Gasteiger partial charge in [0.05, 0.1) is 31.5 Å². The average molecular weight is 546 g/mol. The Hall–Kier alpha value is -2.17. The number of aliphatic hydroxyl groups excluding tert-OH is 2. The van der Waals surface area contributed by atoms with Crippen molar-refractivity contribution in [3.05, 3.63) is 58.6 Å². The average Bonchev–Trinajstić information content (AvgIpc) is 3.66. The number of hydrogen-bond donors (Lipinski definition) is 3. The molecular formula is C26H32BrN3O5. The third kappa shape index (κ3) is 5.49. The summed E-state index contributed by atoms with van der Waals surface area (Å²) >= 11 is 3.50. The van der Waals surface area contributed by atoms with Gasteiger partial charge in [-0.15, -0.1) is 0 Å². The summed E-state index contributed by atoms with van der Waals surface area (Å²) in [6, 6.07) is 15.3. The van der Waals surface area contributed by atoms with Crippen LogP contribution in [-0.2, 0) is 4.74 Å². The number of rotatable bonds is 6. The second kappa shape index (κ2) is 10.4. The zero-order valence-electron chi connectivity index (χ0n) is 19.7. The van der Waals surface area contributed by atoms with Gasteiger partial charge in [0.15, 0.2) is 0 Å². The third-order valence-electron chi connectivity index (χ3n) is 7.15. The molecule has 2 aromatic carbocycles. The fourth-order valence-corrected chi connectivity index (χ4v) is 5.42. The van der Waals surface area contributed by atoms with E-state index in [1.807, 2.05) is 36.4 Å². The summed E-state index contributed by atoms with van der Waals surface area (Å²) in [4.78, 5) is 17.0. The number of aliphatic hydroxyl groups is 2. The number of nitrogens with one attached hydrogen (secondary N) is 1. The van der Waals surface area contributed by atoms with Gasteiger partial charge in [-0.1, -0.05) is 28.1 Å². The number of benzene rings is 2. The van der Waals surface area contributed by atoms with Crippen LogP contribution in [0.2, 0.25) is 0 Å². The second-order valence-electron chi connectivity index (χ2n) is 9.68. The van der Waals surface area contributed by atoms with Crippen molar-refractivity contribution < 1.29 is 24.5 Å². The summed E-state index contributed by atoms with van der Waals surface area (Å²) in [6.07, 6.45) is 0.497. The number of amides is 2. The number of fused-ring (bicyclic) bond motifs is 1. The van der Waals surface area contributed by atoms with Crippen molar-refractivity contribution >= 4 is 27.6 Å². The van der Waals surface area contributed by atoms with E-state index in [9.17, 15) is 15.0 Å². The van der Waals surface area contributed by atoms with Gasteiger partial charge >= 0.3 is 6.03 Å². The van der Waals surface area contributed by atoms with Gasteiger partial charge in [-0.2, -0.15) is 0 Å². The molecule has 3 N–H and O–H groups in total. The third-order valence-corrected chi connectivity index (χ3v) is 7.68. The van der Waals surface area contributed by atoms with Crippen LogP contribution >= 0.6 is 15.9 Å². The van der Waals surface area contributed by atoms with Gasteiger partial charge in [0.2, 0.25) is 0 Å². The fourth-order valence-electron chi connectivity index (χ4n) is 5.15. The SMILES string of the molecule is COC[C@@H]1[C@H](c2ccc(Br)cc2)[C@@H]2CN(C(=O)Nc3ccc(OC4CC4)cc3)C[C@@H](O)[C@@H](O)CN12. The first-order valence-electron chi connectivity index (χ1n) is 12.1. The molecule has 8 nitrogen and oxygen atoms in total. The molecule has 1 saturated carbocycles. The van der Waals surface area contributed by atoms with E-state index in [1.165, 1.54) is 5.56 Å². The molecule has 1 aliphatic carbocycles. The summed E-state index contributed by atoms with van der Waals surface area (Å²) in [5, 5.41) is 24.2. The van der Waals surface area contributed by atoms with Crippen LogP contribution in [0.5, 0.6) is 5.75 Å². The first-order chi connectivity index (χ1) is 16.9. The molecule has 2 aliphatic heterocycles. The molecule has 0 bridgehead atoms. The van der Waals surface area contributed by atoms with Gasteiger partial charge in [-0.3, -0.25) is 4.90 Å². The predicted octanol–water partition coefficient (Wildman–Crippen LogP) is 3.04. The molecule has 3 fully saturated rings. The Morgan fingerprint density at radius 3 is 2.37 bits per heavy atom. The van der Waals surface area contributed by atoms with Crippen molar-refractivity contribution in [2.75, 3.05) is 38.7 Å². The van der Waals surface area contributed by atoms with Crippen molar-refractivity contribution in [1.82, 2.24) is 9.80 Å². The summed E-state index contributed by atoms with van der Waals surface area (Å²) in [5.74, 6) is 0.932. The van der Waals surface area contributed by atoms with Crippen LogP contribution in [0.3, 0.4) is 0 Å². The maximum absolute atomic E-state index is 13.3. The number of methoxy groups -OCH3 is 1. The van der Waals surface area contributed by atoms with Crippen molar-refractivity contribution in [3.8, 4) is 5.75 Å². The van der Waals surface area contributed by atoms with E-state index in [-0.39, 0.29) is 30.6 Å². The quantitative estimate of drug-likeness (QED) is 0.516. The lowest BCUT2D eigenvalue weighted by atomic mass is 9.74. The molecule has 188 valence electrons. The predicted molar refractivity (Wildman–Crippen MR) is 136 cm³/mol. The molecule has 0 aromatic heterocycles. The normalized spacial score (nSPS) is 28.9. The fraction of sp³-hybridized carbons (Fsp3) is 0.500. The summed E-state index contributed by atoms with van der Waals surface area (Å²) < 4.78 is 12.3. The monoisotopic (exact) mass is 545 g/mol. The molecular weight excluding hydrogens is 514 g/mol. The molecule has 0 radical (unpaired) electrons. The maximum atomic E-state index is 13.3. The number of nitrogens with zero attached hydrogens (tertiary/aromatic N) is 2. The van der Waals surface area contributed by atoms with E-state index in [2.05, 4.69) is 38.3 Å². The van der Waals surface area contributed by atoms with Crippen LogP contribution in [0.4, 0.5) is 10.5 Å². The number of urea groups is 1. The van der Waals surface area contributed by atoms with Crippen LogP contribution in [0.1, 0.15) is 24.3 Å².